The Kier molecular flexibility index (Phi) is 2.14. The molecule has 3 rings (SSSR count). The molecule has 0 saturated heterocycles. The van der Waals surface area contributed by atoms with Gasteiger partial charge in [-0.25, -0.2) is 9.97 Å². The zero-order chi connectivity index (χ0) is 11.2. The normalized spacial score (nSPS) is 22.3. The van der Waals surface area contributed by atoms with Gasteiger partial charge in [0.1, 0.15) is 5.82 Å². The molecule has 2 aliphatic rings. The van der Waals surface area contributed by atoms with Crippen LogP contribution in [-0.4, -0.2) is 9.97 Å². The minimum absolute atomic E-state index is 0.268. The molecule has 1 aromatic rings. The molecular weight excluding hydrogens is 200 g/mol. The van der Waals surface area contributed by atoms with Gasteiger partial charge in [0.2, 0.25) is 0 Å². The molecule has 0 atom stereocenters. The third kappa shape index (κ3) is 1.57. The van der Waals surface area contributed by atoms with E-state index in [2.05, 4.69) is 9.97 Å². The van der Waals surface area contributed by atoms with Crippen molar-refractivity contribution in [3.63, 3.8) is 0 Å². The van der Waals surface area contributed by atoms with E-state index in [1.165, 1.54) is 24.8 Å². The van der Waals surface area contributed by atoms with Crippen molar-refractivity contribution in [1.82, 2.24) is 9.97 Å². The fourth-order valence-corrected chi connectivity index (χ4v) is 2.38. The summed E-state index contributed by atoms with van der Waals surface area (Å²) in [6, 6.07) is 0. The second-order valence-corrected chi connectivity index (χ2v) is 5.07. The van der Waals surface area contributed by atoms with Crippen molar-refractivity contribution in [1.29, 1.82) is 0 Å². The SMILES string of the molecule is Nc1nc(C2(N)CC2)nc2c1CCCCC2. The molecule has 0 amide bonds. The average Bonchev–Trinajstić information content (AvgIpc) is 3.02. The Hall–Kier alpha value is -1.16. The van der Waals surface area contributed by atoms with Gasteiger partial charge in [-0.05, 0) is 38.5 Å². The molecule has 86 valence electrons. The van der Waals surface area contributed by atoms with Gasteiger partial charge >= 0.3 is 0 Å². The summed E-state index contributed by atoms with van der Waals surface area (Å²) in [5.41, 5.74) is 14.2. The summed E-state index contributed by atoms with van der Waals surface area (Å²) in [6.45, 7) is 0. The van der Waals surface area contributed by atoms with Gasteiger partial charge < -0.3 is 11.5 Å². The number of aryl methyl sites for hydroxylation is 1. The van der Waals surface area contributed by atoms with Crippen molar-refractivity contribution in [2.24, 2.45) is 5.73 Å². The van der Waals surface area contributed by atoms with Crippen LogP contribution in [0.1, 0.15) is 49.2 Å². The number of nitrogen functional groups attached to an aromatic ring is 1. The fourth-order valence-electron chi connectivity index (χ4n) is 2.38. The highest BCUT2D eigenvalue weighted by molar-refractivity contribution is 5.44. The van der Waals surface area contributed by atoms with Gasteiger partial charge in [0.05, 0.1) is 5.54 Å². The number of aromatic nitrogens is 2. The maximum atomic E-state index is 6.13. The summed E-state index contributed by atoms with van der Waals surface area (Å²) in [5.74, 6) is 1.43. The first kappa shape index (κ1) is 10.0. The van der Waals surface area contributed by atoms with Crippen LogP contribution in [0.3, 0.4) is 0 Å². The van der Waals surface area contributed by atoms with Crippen LogP contribution in [0, 0.1) is 0 Å². The maximum Gasteiger partial charge on any atom is 0.150 e. The van der Waals surface area contributed by atoms with Crippen LogP contribution in [0.2, 0.25) is 0 Å². The highest BCUT2D eigenvalue weighted by atomic mass is 15.0. The van der Waals surface area contributed by atoms with Crippen molar-refractivity contribution in [2.75, 3.05) is 5.73 Å². The van der Waals surface area contributed by atoms with Crippen LogP contribution in [0.15, 0.2) is 0 Å². The summed E-state index contributed by atoms with van der Waals surface area (Å²) < 4.78 is 0. The Bertz CT molecular complexity index is 423. The van der Waals surface area contributed by atoms with Crippen LogP contribution in [0.25, 0.3) is 0 Å². The van der Waals surface area contributed by atoms with E-state index >= 15 is 0 Å². The molecule has 0 aliphatic heterocycles. The Morgan fingerprint density at radius 2 is 1.75 bits per heavy atom. The third-order valence-corrected chi connectivity index (χ3v) is 3.70. The second kappa shape index (κ2) is 3.42. The zero-order valence-corrected chi connectivity index (χ0v) is 9.50. The molecule has 0 spiro atoms. The van der Waals surface area contributed by atoms with Gasteiger partial charge in [-0.3, -0.25) is 0 Å². The summed E-state index contributed by atoms with van der Waals surface area (Å²) in [5, 5.41) is 0. The molecular formula is C12H18N4. The lowest BCUT2D eigenvalue weighted by Gasteiger charge is -2.13. The molecule has 0 unspecified atom stereocenters. The van der Waals surface area contributed by atoms with E-state index in [9.17, 15) is 0 Å². The Morgan fingerprint density at radius 1 is 1.00 bits per heavy atom. The number of rotatable bonds is 1. The lowest BCUT2D eigenvalue weighted by atomic mass is 10.1. The predicted octanol–water partition coefficient (Wildman–Crippen LogP) is 1.28. The van der Waals surface area contributed by atoms with Gasteiger partial charge in [-0.2, -0.15) is 0 Å². The molecule has 1 aromatic heterocycles. The lowest BCUT2D eigenvalue weighted by Crippen LogP contribution is -2.24. The first-order valence-corrected chi connectivity index (χ1v) is 6.14. The number of anilines is 1. The van der Waals surface area contributed by atoms with Crippen LogP contribution in [0.4, 0.5) is 5.82 Å². The Labute approximate surface area is 95.5 Å². The summed E-state index contributed by atoms with van der Waals surface area (Å²) >= 11 is 0. The largest absolute Gasteiger partial charge is 0.383 e. The van der Waals surface area contributed by atoms with E-state index in [0.717, 1.165) is 37.2 Å². The fraction of sp³-hybridized carbons (Fsp3) is 0.667. The van der Waals surface area contributed by atoms with Gasteiger partial charge in [-0.1, -0.05) is 6.42 Å². The van der Waals surface area contributed by atoms with Crippen LogP contribution < -0.4 is 11.5 Å². The lowest BCUT2D eigenvalue weighted by molar-refractivity contribution is 0.659. The van der Waals surface area contributed by atoms with E-state index in [-0.39, 0.29) is 5.54 Å². The van der Waals surface area contributed by atoms with E-state index in [4.69, 9.17) is 11.5 Å². The average molecular weight is 218 g/mol. The Balaban J connectivity index is 2.05. The molecule has 1 saturated carbocycles. The topological polar surface area (TPSA) is 77.8 Å². The zero-order valence-electron chi connectivity index (χ0n) is 9.50. The molecule has 4 N–H and O–H groups in total. The van der Waals surface area contributed by atoms with Gasteiger partial charge in [0.25, 0.3) is 0 Å². The highest BCUT2D eigenvalue weighted by Gasteiger charge is 2.43. The number of hydrogen-bond acceptors (Lipinski definition) is 4. The van der Waals surface area contributed by atoms with Crippen LogP contribution in [0.5, 0.6) is 0 Å². The predicted molar refractivity (Wildman–Crippen MR) is 62.8 cm³/mol. The van der Waals surface area contributed by atoms with Crippen molar-refractivity contribution in [3.8, 4) is 0 Å². The van der Waals surface area contributed by atoms with Crippen molar-refractivity contribution < 1.29 is 0 Å². The molecule has 4 nitrogen and oxygen atoms in total. The van der Waals surface area contributed by atoms with Crippen molar-refractivity contribution in [3.05, 3.63) is 17.1 Å². The molecule has 1 fully saturated rings. The van der Waals surface area contributed by atoms with Crippen molar-refractivity contribution in [2.45, 2.75) is 50.5 Å². The van der Waals surface area contributed by atoms with Crippen molar-refractivity contribution >= 4 is 5.82 Å². The molecule has 2 aliphatic carbocycles. The number of hydrogen-bond donors (Lipinski definition) is 2. The molecule has 0 radical (unpaired) electrons. The van der Waals surface area contributed by atoms with Crippen LogP contribution >= 0.6 is 0 Å². The minimum Gasteiger partial charge on any atom is -0.383 e. The standard InChI is InChI=1S/C12H18N4/c13-10-8-4-2-1-3-5-9(8)15-11(16-10)12(14)6-7-12/h1-7,14H2,(H2,13,15,16). The van der Waals surface area contributed by atoms with E-state index in [0.29, 0.717) is 5.82 Å². The number of nitrogens with zero attached hydrogens (tertiary/aromatic N) is 2. The van der Waals surface area contributed by atoms with E-state index in [1.54, 1.807) is 0 Å². The van der Waals surface area contributed by atoms with E-state index < -0.39 is 0 Å². The summed E-state index contributed by atoms with van der Waals surface area (Å²) in [7, 11) is 0. The van der Waals surface area contributed by atoms with Gasteiger partial charge in [0.15, 0.2) is 5.82 Å². The number of nitrogens with two attached hydrogens (primary N) is 2. The molecule has 4 heteroatoms. The summed E-state index contributed by atoms with van der Waals surface area (Å²) in [6.07, 6.45) is 7.72. The first-order valence-electron chi connectivity index (χ1n) is 6.14. The monoisotopic (exact) mass is 218 g/mol. The minimum atomic E-state index is -0.268. The van der Waals surface area contributed by atoms with E-state index in [1.807, 2.05) is 0 Å². The smallest absolute Gasteiger partial charge is 0.150 e. The Morgan fingerprint density at radius 3 is 2.50 bits per heavy atom. The van der Waals surface area contributed by atoms with Crippen LogP contribution in [-0.2, 0) is 18.4 Å². The summed E-state index contributed by atoms with van der Waals surface area (Å²) in [4.78, 5) is 9.06. The quantitative estimate of drug-likeness (QED) is 0.696. The van der Waals surface area contributed by atoms with Gasteiger partial charge in [0, 0.05) is 11.3 Å². The third-order valence-electron chi connectivity index (χ3n) is 3.70. The maximum absolute atomic E-state index is 6.13. The highest BCUT2D eigenvalue weighted by Crippen LogP contribution is 2.41. The molecule has 0 aromatic carbocycles. The molecule has 16 heavy (non-hydrogen) atoms. The second-order valence-electron chi connectivity index (χ2n) is 5.07. The molecule has 1 heterocycles. The van der Waals surface area contributed by atoms with Gasteiger partial charge in [-0.15, -0.1) is 0 Å². The molecule has 0 bridgehead atoms. The first-order chi connectivity index (χ1) is 7.69. The number of fused-ring (bicyclic) bond motifs is 1.